The molecule has 0 heterocycles. The number of carbonyl (C=O) groups excluding carboxylic acids is 2. The van der Waals surface area contributed by atoms with E-state index in [-0.39, 0.29) is 29.3 Å². The Morgan fingerprint density at radius 2 is 2.05 bits per heavy atom. The number of ether oxygens (including phenoxy) is 1. The van der Waals surface area contributed by atoms with Crippen molar-refractivity contribution in [3.63, 3.8) is 0 Å². The number of nitrogens with two attached hydrogens (primary N) is 1. The van der Waals surface area contributed by atoms with Gasteiger partial charge in [0.25, 0.3) is 0 Å². The smallest absolute Gasteiger partial charge is 0.337 e. The molecule has 7 heteroatoms. The van der Waals surface area contributed by atoms with E-state index in [1.165, 1.54) is 32.2 Å². The molecule has 1 aromatic carbocycles. The molecule has 0 saturated heterocycles. The van der Waals surface area contributed by atoms with Crippen LogP contribution in [0.25, 0.3) is 0 Å². The van der Waals surface area contributed by atoms with Crippen LogP contribution < -0.4 is 11.1 Å². The Morgan fingerprint density at radius 3 is 2.55 bits per heavy atom. The summed E-state index contributed by atoms with van der Waals surface area (Å²) in [7, 11) is 1.25. The molecule has 7 nitrogen and oxygen atoms in total. The number of carbonyl (C=O) groups is 2. The van der Waals surface area contributed by atoms with Crippen LogP contribution in [-0.4, -0.2) is 41.8 Å². The fourth-order valence-corrected chi connectivity index (χ4v) is 1.66. The average molecular weight is 282 g/mol. The summed E-state index contributed by atoms with van der Waals surface area (Å²) in [5, 5.41) is 22.1. The zero-order chi connectivity index (χ0) is 15.3. The first-order chi connectivity index (χ1) is 9.36. The van der Waals surface area contributed by atoms with Crippen LogP contribution >= 0.6 is 0 Å². The van der Waals surface area contributed by atoms with E-state index in [9.17, 15) is 19.8 Å². The Labute approximate surface area is 116 Å². The van der Waals surface area contributed by atoms with Gasteiger partial charge in [0.1, 0.15) is 12.2 Å². The highest BCUT2D eigenvalue weighted by molar-refractivity contribution is 5.90. The molecule has 0 aliphatic carbocycles. The molecule has 2 unspecified atom stereocenters. The van der Waals surface area contributed by atoms with E-state index >= 15 is 0 Å². The zero-order valence-corrected chi connectivity index (χ0v) is 11.3. The van der Waals surface area contributed by atoms with Crippen LogP contribution in [-0.2, 0) is 9.53 Å². The van der Waals surface area contributed by atoms with Gasteiger partial charge in [-0.05, 0) is 12.1 Å². The van der Waals surface area contributed by atoms with Crippen molar-refractivity contribution < 1.29 is 24.5 Å². The summed E-state index contributed by atoms with van der Waals surface area (Å²) in [4.78, 5) is 22.1. The lowest BCUT2D eigenvalue weighted by molar-refractivity contribution is -0.119. The topological polar surface area (TPSA) is 122 Å². The van der Waals surface area contributed by atoms with Gasteiger partial charge in [0.05, 0.1) is 12.7 Å². The minimum absolute atomic E-state index is 0.102. The van der Waals surface area contributed by atoms with E-state index in [0.29, 0.717) is 0 Å². The molecule has 1 aromatic rings. The third-order valence-corrected chi connectivity index (χ3v) is 2.75. The van der Waals surface area contributed by atoms with Crippen molar-refractivity contribution in [2.75, 3.05) is 19.4 Å². The molecule has 0 radical (unpaired) electrons. The number of methoxy groups -OCH3 is 1. The fourth-order valence-electron chi connectivity index (χ4n) is 1.66. The molecule has 2 atom stereocenters. The summed E-state index contributed by atoms with van der Waals surface area (Å²) in [6.07, 6.45) is -2.47. The molecule has 0 aliphatic rings. The molecule has 0 bridgehead atoms. The van der Waals surface area contributed by atoms with E-state index < -0.39 is 18.2 Å². The molecule has 0 spiro atoms. The maximum atomic E-state index is 11.3. The number of benzene rings is 1. The number of rotatable bonds is 5. The van der Waals surface area contributed by atoms with Crippen molar-refractivity contribution in [3.05, 3.63) is 29.3 Å². The van der Waals surface area contributed by atoms with Gasteiger partial charge in [-0.25, -0.2) is 4.79 Å². The van der Waals surface area contributed by atoms with Gasteiger partial charge >= 0.3 is 5.97 Å². The van der Waals surface area contributed by atoms with Crippen LogP contribution in [0.2, 0.25) is 0 Å². The summed E-state index contributed by atoms with van der Waals surface area (Å²) in [5.74, 6) is -0.859. The van der Waals surface area contributed by atoms with Gasteiger partial charge in [-0.1, -0.05) is 6.07 Å². The first kappa shape index (κ1) is 15.9. The van der Waals surface area contributed by atoms with Crippen LogP contribution in [0.1, 0.15) is 28.9 Å². The minimum Gasteiger partial charge on any atom is -0.465 e. The van der Waals surface area contributed by atoms with Gasteiger partial charge < -0.3 is 26.0 Å². The van der Waals surface area contributed by atoms with Gasteiger partial charge in [-0.3, -0.25) is 4.79 Å². The fraction of sp³-hybridized carbons (Fsp3) is 0.385. The van der Waals surface area contributed by atoms with E-state index in [0.717, 1.165) is 0 Å². The molecular weight excluding hydrogens is 264 g/mol. The Balaban J connectivity index is 2.85. The minimum atomic E-state index is -1.27. The molecular formula is C13H18N2O5. The first-order valence-electron chi connectivity index (χ1n) is 5.95. The van der Waals surface area contributed by atoms with E-state index in [1.807, 2.05) is 0 Å². The van der Waals surface area contributed by atoms with Crippen LogP contribution in [0.15, 0.2) is 18.2 Å². The summed E-state index contributed by atoms with van der Waals surface area (Å²) in [5.41, 5.74) is 6.42. The summed E-state index contributed by atoms with van der Waals surface area (Å²) in [6, 6.07) is 4.23. The van der Waals surface area contributed by atoms with Gasteiger partial charge in [0.15, 0.2) is 0 Å². The van der Waals surface area contributed by atoms with Crippen LogP contribution in [0.5, 0.6) is 0 Å². The standard InChI is InChI=1S/C13H18N2O5/c1-7(16)15-6-11(17)12(18)9-4-3-8(5-10(9)14)13(19)20-2/h3-5,11-12,17-18H,6,14H2,1-2H3,(H,15,16). The lowest BCUT2D eigenvalue weighted by Gasteiger charge is -2.20. The molecule has 1 rings (SSSR count). The third kappa shape index (κ3) is 3.94. The molecule has 0 aromatic heterocycles. The second-order valence-corrected chi connectivity index (χ2v) is 4.28. The zero-order valence-electron chi connectivity index (χ0n) is 11.3. The lowest BCUT2D eigenvalue weighted by atomic mass is 10.0. The van der Waals surface area contributed by atoms with Crippen molar-refractivity contribution in [2.45, 2.75) is 19.1 Å². The quantitative estimate of drug-likeness (QED) is 0.430. The van der Waals surface area contributed by atoms with E-state index in [2.05, 4.69) is 10.1 Å². The second-order valence-electron chi connectivity index (χ2n) is 4.28. The molecule has 110 valence electrons. The van der Waals surface area contributed by atoms with Gasteiger partial charge in [-0.15, -0.1) is 0 Å². The monoisotopic (exact) mass is 282 g/mol. The van der Waals surface area contributed by atoms with Crippen molar-refractivity contribution in [1.82, 2.24) is 5.32 Å². The molecule has 20 heavy (non-hydrogen) atoms. The van der Waals surface area contributed by atoms with E-state index in [4.69, 9.17) is 5.73 Å². The second kappa shape index (κ2) is 6.88. The van der Waals surface area contributed by atoms with Gasteiger partial charge in [-0.2, -0.15) is 0 Å². The number of anilines is 1. The highest BCUT2D eigenvalue weighted by Gasteiger charge is 2.21. The number of esters is 1. The lowest BCUT2D eigenvalue weighted by Crippen LogP contribution is -2.34. The molecule has 0 aliphatic heterocycles. The van der Waals surface area contributed by atoms with Crippen molar-refractivity contribution >= 4 is 17.6 Å². The van der Waals surface area contributed by atoms with Crippen LogP contribution in [0.3, 0.4) is 0 Å². The number of nitrogen functional groups attached to an aromatic ring is 1. The average Bonchev–Trinajstić information content (AvgIpc) is 2.42. The van der Waals surface area contributed by atoms with Crippen molar-refractivity contribution in [1.29, 1.82) is 0 Å². The number of aliphatic hydroxyl groups excluding tert-OH is 2. The van der Waals surface area contributed by atoms with Gasteiger partial charge in [0.2, 0.25) is 5.91 Å². The molecule has 0 saturated carbocycles. The first-order valence-corrected chi connectivity index (χ1v) is 5.95. The third-order valence-electron chi connectivity index (χ3n) is 2.75. The highest BCUT2D eigenvalue weighted by Crippen LogP contribution is 2.24. The largest absolute Gasteiger partial charge is 0.465 e. The molecule has 5 N–H and O–H groups in total. The van der Waals surface area contributed by atoms with E-state index in [1.54, 1.807) is 0 Å². The number of amides is 1. The van der Waals surface area contributed by atoms with Crippen molar-refractivity contribution in [3.8, 4) is 0 Å². The maximum Gasteiger partial charge on any atom is 0.337 e. The number of hydrogen-bond donors (Lipinski definition) is 4. The Bertz CT molecular complexity index is 504. The number of nitrogens with one attached hydrogen (secondary N) is 1. The maximum absolute atomic E-state index is 11.3. The Morgan fingerprint density at radius 1 is 1.40 bits per heavy atom. The predicted molar refractivity (Wildman–Crippen MR) is 71.8 cm³/mol. The summed E-state index contributed by atoms with van der Waals surface area (Å²) < 4.78 is 4.55. The predicted octanol–water partition coefficient (Wildman–Crippen LogP) is -0.414. The van der Waals surface area contributed by atoms with Crippen LogP contribution in [0.4, 0.5) is 5.69 Å². The molecule has 1 amide bonds. The van der Waals surface area contributed by atoms with Gasteiger partial charge in [0, 0.05) is 24.7 Å². The SMILES string of the molecule is COC(=O)c1ccc(C(O)C(O)CNC(C)=O)c(N)c1. The number of hydrogen-bond acceptors (Lipinski definition) is 6. The summed E-state index contributed by atoms with van der Waals surface area (Å²) >= 11 is 0. The highest BCUT2D eigenvalue weighted by atomic mass is 16.5. The Kier molecular flexibility index (Phi) is 5.48. The van der Waals surface area contributed by atoms with Crippen molar-refractivity contribution in [2.24, 2.45) is 0 Å². The molecule has 0 fully saturated rings. The Hall–Kier alpha value is -2.12. The number of aliphatic hydroxyl groups is 2. The van der Waals surface area contributed by atoms with Crippen LogP contribution in [0, 0.1) is 0 Å². The summed E-state index contributed by atoms with van der Waals surface area (Å²) in [6.45, 7) is 1.20. The normalized spacial score (nSPS) is 13.4.